The second-order valence-electron chi connectivity index (χ2n) is 4.62. The molecule has 0 bridgehead atoms. The van der Waals surface area contributed by atoms with Crippen molar-refractivity contribution in [1.82, 2.24) is 9.78 Å². The van der Waals surface area contributed by atoms with Gasteiger partial charge >= 0.3 is 0 Å². The van der Waals surface area contributed by atoms with Crippen LogP contribution in [0.1, 0.15) is 37.3 Å². The number of nitrogens with zero attached hydrogens (tertiary/aromatic N) is 2. The van der Waals surface area contributed by atoms with E-state index in [4.69, 9.17) is 5.10 Å². The lowest BCUT2D eigenvalue weighted by atomic mass is 10.0. The predicted molar refractivity (Wildman–Crippen MR) is 69.6 cm³/mol. The summed E-state index contributed by atoms with van der Waals surface area (Å²) in [7, 11) is 2.03. The van der Waals surface area contributed by atoms with Crippen LogP contribution >= 0.6 is 15.9 Å². The number of fused-ring (bicyclic) bond motifs is 1. The van der Waals surface area contributed by atoms with Crippen molar-refractivity contribution in [2.45, 2.75) is 31.6 Å². The SMILES string of the molecule is Cn1nc(C2CCCC2)c2c(Br)cccc21. The van der Waals surface area contributed by atoms with Gasteiger partial charge in [0.25, 0.3) is 0 Å². The molecule has 16 heavy (non-hydrogen) atoms. The summed E-state index contributed by atoms with van der Waals surface area (Å²) in [5.41, 5.74) is 2.53. The van der Waals surface area contributed by atoms with Crippen LogP contribution in [0.2, 0.25) is 0 Å². The van der Waals surface area contributed by atoms with Gasteiger partial charge < -0.3 is 0 Å². The van der Waals surface area contributed by atoms with E-state index in [1.54, 1.807) is 0 Å². The van der Waals surface area contributed by atoms with Gasteiger partial charge in [0.1, 0.15) is 0 Å². The number of halogens is 1. The van der Waals surface area contributed by atoms with Gasteiger partial charge in [0.05, 0.1) is 11.2 Å². The zero-order valence-electron chi connectivity index (χ0n) is 9.41. The Morgan fingerprint density at radius 1 is 1.31 bits per heavy atom. The molecule has 1 aliphatic rings. The lowest BCUT2D eigenvalue weighted by Crippen LogP contribution is -1.96. The third kappa shape index (κ3) is 1.49. The van der Waals surface area contributed by atoms with E-state index >= 15 is 0 Å². The molecular weight excluding hydrogens is 264 g/mol. The number of aromatic nitrogens is 2. The summed E-state index contributed by atoms with van der Waals surface area (Å²) in [5.74, 6) is 0.669. The number of hydrogen-bond acceptors (Lipinski definition) is 1. The summed E-state index contributed by atoms with van der Waals surface area (Å²) >= 11 is 3.65. The molecule has 0 atom stereocenters. The van der Waals surface area contributed by atoms with E-state index in [1.807, 2.05) is 11.7 Å². The Bertz CT molecular complexity index is 524. The van der Waals surface area contributed by atoms with Crippen molar-refractivity contribution in [3.8, 4) is 0 Å². The Kier molecular flexibility index (Phi) is 2.51. The first kappa shape index (κ1) is 10.3. The molecule has 0 N–H and O–H groups in total. The molecular formula is C13H15BrN2. The summed E-state index contributed by atoms with van der Waals surface area (Å²) in [6.45, 7) is 0. The number of aryl methyl sites for hydroxylation is 1. The summed E-state index contributed by atoms with van der Waals surface area (Å²) in [6.07, 6.45) is 5.31. The van der Waals surface area contributed by atoms with Crippen LogP contribution in [0.3, 0.4) is 0 Å². The third-order valence-electron chi connectivity index (χ3n) is 3.60. The molecule has 0 aliphatic heterocycles. The van der Waals surface area contributed by atoms with Crippen molar-refractivity contribution >= 4 is 26.8 Å². The molecule has 1 heterocycles. The Balaban J connectivity index is 2.24. The van der Waals surface area contributed by atoms with Crippen molar-refractivity contribution in [3.63, 3.8) is 0 Å². The molecule has 2 nitrogen and oxygen atoms in total. The van der Waals surface area contributed by atoms with Gasteiger partial charge in [-0.05, 0) is 25.0 Å². The minimum atomic E-state index is 0.669. The lowest BCUT2D eigenvalue weighted by Gasteiger charge is -2.05. The second-order valence-corrected chi connectivity index (χ2v) is 5.48. The monoisotopic (exact) mass is 278 g/mol. The highest BCUT2D eigenvalue weighted by molar-refractivity contribution is 9.10. The van der Waals surface area contributed by atoms with E-state index in [0.29, 0.717) is 5.92 Å². The molecule has 0 amide bonds. The van der Waals surface area contributed by atoms with Crippen molar-refractivity contribution in [1.29, 1.82) is 0 Å². The highest BCUT2D eigenvalue weighted by Gasteiger charge is 2.23. The number of hydrogen-bond donors (Lipinski definition) is 0. The Morgan fingerprint density at radius 2 is 2.06 bits per heavy atom. The molecule has 1 aromatic carbocycles. The Hall–Kier alpha value is -0.830. The maximum atomic E-state index is 4.72. The van der Waals surface area contributed by atoms with E-state index in [0.717, 1.165) is 0 Å². The van der Waals surface area contributed by atoms with Gasteiger partial charge in [0, 0.05) is 22.8 Å². The van der Waals surface area contributed by atoms with Gasteiger partial charge in [-0.25, -0.2) is 0 Å². The van der Waals surface area contributed by atoms with Gasteiger partial charge in [0.2, 0.25) is 0 Å². The number of benzene rings is 1. The molecule has 0 spiro atoms. The molecule has 1 aliphatic carbocycles. The van der Waals surface area contributed by atoms with E-state index in [1.165, 1.54) is 46.8 Å². The fourth-order valence-electron chi connectivity index (χ4n) is 2.79. The zero-order chi connectivity index (χ0) is 11.1. The average molecular weight is 279 g/mol. The van der Waals surface area contributed by atoms with Crippen molar-refractivity contribution in [2.75, 3.05) is 0 Å². The largest absolute Gasteiger partial charge is 0.268 e. The molecule has 3 heteroatoms. The lowest BCUT2D eigenvalue weighted by molar-refractivity contribution is 0.665. The molecule has 1 saturated carbocycles. The molecule has 1 fully saturated rings. The van der Waals surface area contributed by atoms with Crippen molar-refractivity contribution in [3.05, 3.63) is 28.4 Å². The van der Waals surface area contributed by atoms with Crippen LogP contribution in [0.4, 0.5) is 0 Å². The zero-order valence-corrected chi connectivity index (χ0v) is 11.0. The quantitative estimate of drug-likeness (QED) is 0.771. The van der Waals surface area contributed by atoms with E-state index in [9.17, 15) is 0 Å². The molecule has 0 radical (unpaired) electrons. The molecule has 0 saturated heterocycles. The van der Waals surface area contributed by atoms with E-state index < -0.39 is 0 Å². The van der Waals surface area contributed by atoms with Crippen LogP contribution in [0.15, 0.2) is 22.7 Å². The highest BCUT2D eigenvalue weighted by atomic mass is 79.9. The minimum absolute atomic E-state index is 0.669. The van der Waals surface area contributed by atoms with Crippen LogP contribution in [0, 0.1) is 0 Å². The van der Waals surface area contributed by atoms with Crippen LogP contribution in [-0.2, 0) is 7.05 Å². The summed E-state index contributed by atoms with van der Waals surface area (Å²) < 4.78 is 3.19. The molecule has 0 unspecified atom stereocenters. The second kappa shape index (κ2) is 3.88. The summed E-state index contributed by atoms with van der Waals surface area (Å²) in [6, 6.07) is 6.33. The molecule has 3 rings (SSSR count). The Labute approximate surface area is 104 Å². The summed E-state index contributed by atoms with van der Waals surface area (Å²) in [4.78, 5) is 0. The first-order chi connectivity index (χ1) is 7.77. The van der Waals surface area contributed by atoms with Crippen LogP contribution in [0.5, 0.6) is 0 Å². The fraction of sp³-hybridized carbons (Fsp3) is 0.462. The maximum Gasteiger partial charge on any atom is 0.0745 e. The molecule has 2 aromatic rings. The first-order valence-electron chi connectivity index (χ1n) is 5.88. The smallest absolute Gasteiger partial charge is 0.0745 e. The standard InChI is InChI=1S/C13H15BrN2/c1-16-11-8-4-7-10(14)12(11)13(15-16)9-5-2-3-6-9/h4,7-9H,2-3,5-6H2,1H3. The predicted octanol–water partition coefficient (Wildman–Crippen LogP) is 3.99. The first-order valence-corrected chi connectivity index (χ1v) is 6.68. The Morgan fingerprint density at radius 3 is 2.81 bits per heavy atom. The van der Waals surface area contributed by atoms with E-state index in [2.05, 4.69) is 34.1 Å². The topological polar surface area (TPSA) is 17.8 Å². The van der Waals surface area contributed by atoms with Crippen molar-refractivity contribution < 1.29 is 0 Å². The van der Waals surface area contributed by atoms with Crippen LogP contribution in [-0.4, -0.2) is 9.78 Å². The molecule has 1 aromatic heterocycles. The normalized spacial score (nSPS) is 17.4. The van der Waals surface area contributed by atoms with Gasteiger partial charge in [0.15, 0.2) is 0 Å². The van der Waals surface area contributed by atoms with Gasteiger partial charge in [-0.2, -0.15) is 5.10 Å². The van der Waals surface area contributed by atoms with Crippen molar-refractivity contribution in [2.24, 2.45) is 7.05 Å². The van der Waals surface area contributed by atoms with Gasteiger partial charge in [-0.1, -0.05) is 34.8 Å². The third-order valence-corrected chi connectivity index (χ3v) is 4.26. The van der Waals surface area contributed by atoms with Gasteiger partial charge in [-0.15, -0.1) is 0 Å². The van der Waals surface area contributed by atoms with Gasteiger partial charge in [-0.3, -0.25) is 4.68 Å². The summed E-state index contributed by atoms with van der Waals surface area (Å²) in [5, 5.41) is 6.04. The van der Waals surface area contributed by atoms with Crippen LogP contribution in [0.25, 0.3) is 10.9 Å². The fourth-order valence-corrected chi connectivity index (χ4v) is 3.35. The van der Waals surface area contributed by atoms with Crippen LogP contribution < -0.4 is 0 Å². The maximum absolute atomic E-state index is 4.72. The minimum Gasteiger partial charge on any atom is -0.268 e. The highest BCUT2D eigenvalue weighted by Crippen LogP contribution is 2.39. The number of rotatable bonds is 1. The molecule has 84 valence electrons. The average Bonchev–Trinajstić information content (AvgIpc) is 2.87. The van der Waals surface area contributed by atoms with E-state index in [-0.39, 0.29) is 0 Å².